The molecule has 1 fully saturated rings. The van der Waals surface area contributed by atoms with Gasteiger partial charge in [0.25, 0.3) is 5.91 Å². The fourth-order valence-electron chi connectivity index (χ4n) is 3.60. The Morgan fingerprint density at radius 2 is 1.97 bits per heavy atom. The highest BCUT2D eigenvalue weighted by atomic mass is 16.3. The summed E-state index contributed by atoms with van der Waals surface area (Å²) in [4.78, 5) is 25.5. The van der Waals surface area contributed by atoms with Gasteiger partial charge < -0.3 is 9.73 Å². The zero-order valence-corrected chi connectivity index (χ0v) is 17.1. The lowest BCUT2D eigenvalue weighted by Crippen LogP contribution is -2.32. The molecular formula is C22H22N6O3. The number of nitrogens with zero attached hydrogens (tertiary/aromatic N) is 5. The van der Waals surface area contributed by atoms with Crippen molar-refractivity contribution >= 4 is 5.91 Å². The van der Waals surface area contributed by atoms with Crippen LogP contribution < -0.4 is 11.0 Å². The zero-order chi connectivity index (χ0) is 21.4. The molecule has 1 amide bonds. The van der Waals surface area contributed by atoms with Gasteiger partial charge in [0.15, 0.2) is 5.76 Å². The molecule has 1 N–H and O–H groups in total. The van der Waals surface area contributed by atoms with Crippen molar-refractivity contribution < 1.29 is 9.21 Å². The van der Waals surface area contributed by atoms with E-state index in [1.807, 2.05) is 30.3 Å². The third kappa shape index (κ3) is 3.70. The lowest BCUT2D eigenvalue weighted by molar-refractivity contribution is 0.0942. The number of amides is 1. The van der Waals surface area contributed by atoms with E-state index in [0.717, 1.165) is 24.1 Å². The first-order valence-electron chi connectivity index (χ1n) is 10.2. The SMILES string of the molecule is Cn1nc(-c2ccccc2)cc1C(=O)NCCn1nc(-c2ccco2)n(C2CC2)c1=O. The molecule has 0 radical (unpaired) electrons. The van der Waals surface area contributed by atoms with Crippen molar-refractivity contribution in [1.29, 1.82) is 0 Å². The van der Waals surface area contributed by atoms with Crippen LogP contribution in [0.15, 0.2) is 64.0 Å². The van der Waals surface area contributed by atoms with Crippen molar-refractivity contribution in [3.05, 3.63) is 71.0 Å². The second kappa shape index (κ2) is 7.75. The maximum atomic E-state index is 12.8. The molecule has 0 saturated heterocycles. The van der Waals surface area contributed by atoms with Crippen molar-refractivity contribution in [2.45, 2.75) is 25.4 Å². The van der Waals surface area contributed by atoms with Crippen LogP contribution in [0.1, 0.15) is 29.4 Å². The number of hydrogen-bond donors (Lipinski definition) is 1. The van der Waals surface area contributed by atoms with Crippen LogP contribution in [0.5, 0.6) is 0 Å². The fourth-order valence-corrected chi connectivity index (χ4v) is 3.60. The largest absolute Gasteiger partial charge is 0.461 e. The summed E-state index contributed by atoms with van der Waals surface area (Å²) < 4.78 is 10.1. The van der Waals surface area contributed by atoms with Gasteiger partial charge in [-0.05, 0) is 31.0 Å². The van der Waals surface area contributed by atoms with Crippen molar-refractivity contribution in [3.8, 4) is 22.8 Å². The number of hydrogen-bond acceptors (Lipinski definition) is 5. The molecule has 0 unspecified atom stereocenters. The lowest BCUT2D eigenvalue weighted by Gasteiger charge is -2.04. The van der Waals surface area contributed by atoms with Gasteiger partial charge in [0.2, 0.25) is 5.82 Å². The topological polar surface area (TPSA) is 99.9 Å². The third-order valence-corrected chi connectivity index (χ3v) is 5.32. The first-order chi connectivity index (χ1) is 15.1. The quantitative estimate of drug-likeness (QED) is 0.497. The zero-order valence-electron chi connectivity index (χ0n) is 17.1. The minimum absolute atomic E-state index is 0.168. The summed E-state index contributed by atoms with van der Waals surface area (Å²) in [5.74, 6) is 0.844. The molecule has 9 heteroatoms. The number of aromatic nitrogens is 5. The van der Waals surface area contributed by atoms with E-state index in [0.29, 0.717) is 17.3 Å². The van der Waals surface area contributed by atoms with Gasteiger partial charge in [-0.2, -0.15) is 5.10 Å². The molecule has 1 aliphatic carbocycles. The number of rotatable bonds is 7. The Kier molecular flexibility index (Phi) is 4.78. The van der Waals surface area contributed by atoms with E-state index in [-0.39, 0.29) is 30.7 Å². The van der Waals surface area contributed by atoms with Gasteiger partial charge >= 0.3 is 5.69 Å². The minimum atomic E-state index is -0.252. The van der Waals surface area contributed by atoms with Gasteiger partial charge in [0, 0.05) is 25.2 Å². The molecule has 0 atom stereocenters. The average Bonchev–Trinajstić information content (AvgIpc) is 3.18. The Morgan fingerprint density at radius 3 is 2.68 bits per heavy atom. The smallest absolute Gasteiger partial charge is 0.346 e. The molecule has 4 aromatic rings. The second-order valence-corrected chi connectivity index (χ2v) is 7.57. The van der Waals surface area contributed by atoms with Crippen LogP contribution in [0.2, 0.25) is 0 Å². The minimum Gasteiger partial charge on any atom is -0.461 e. The number of furan rings is 1. The van der Waals surface area contributed by atoms with E-state index in [1.165, 1.54) is 4.68 Å². The van der Waals surface area contributed by atoms with Gasteiger partial charge in [-0.15, -0.1) is 5.10 Å². The van der Waals surface area contributed by atoms with Crippen LogP contribution in [0.4, 0.5) is 0 Å². The normalized spacial score (nSPS) is 13.5. The summed E-state index contributed by atoms with van der Waals surface area (Å²) >= 11 is 0. The first kappa shape index (κ1) is 19.1. The molecule has 5 rings (SSSR count). The molecule has 0 aliphatic heterocycles. The Labute approximate surface area is 177 Å². The highest BCUT2D eigenvalue weighted by molar-refractivity contribution is 5.93. The second-order valence-electron chi connectivity index (χ2n) is 7.57. The summed E-state index contributed by atoms with van der Waals surface area (Å²) in [6.07, 6.45) is 3.48. The van der Waals surface area contributed by atoms with E-state index < -0.39 is 0 Å². The third-order valence-electron chi connectivity index (χ3n) is 5.32. The number of aryl methyl sites for hydroxylation is 1. The fraction of sp³-hybridized carbons (Fsp3) is 0.273. The lowest BCUT2D eigenvalue weighted by atomic mass is 10.1. The Bertz CT molecular complexity index is 1260. The van der Waals surface area contributed by atoms with Gasteiger partial charge in [0.1, 0.15) is 5.69 Å². The van der Waals surface area contributed by atoms with Crippen LogP contribution >= 0.6 is 0 Å². The molecule has 1 aromatic carbocycles. The summed E-state index contributed by atoms with van der Waals surface area (Å²) in [6.45, 7) is 0.533. The summed E-state index contributed by atoms with van der Waals surface area (Å²) in [5.41, 5.74) is 1.94. The molecule has 1 saturated carbocycles. The molecular weight excluding hydrogens is 396 g/mol. The first-order valence-corrected chi connectivity index (χ1v) is 10.2. The van der Waals surface area contributed by atoms with Gasteiger partial charge in [-0.3, -0.25) is 14.0 Å². The monoisotopic (exact) mass is 418 g/mol. The number of carbonyl (C=O) groups excluding carboxylic acids is 1. The number of benzene rings is 1. The highest BCUT2D eigenvalue weighted by Crippen LogP contribution is 2.36. The predicted octanol–water partition coefficient (Wildman–Crippen LogP) is 2.47. The van der Waals surface area contributed by atoms with Gasteiger partial charge in [0.05, 0.1) is 18.5 Å². The van der Waals surface area contributed by atoms with Crippen molar-refractivity contribution in [3.63, 3.8) is 0 Å². The molecule has 0 spiro atoms. The van der Waals surface area contributed by atoms with E-state index in [2.05, 4.69) is 15.5 Å². The van der Waals surface area contributed by atoms with Crippen LogP contribution in [-0.2, 0) is 13.6 Å². The van der Waals surface area contributed by atoms with Crippen molar-refractivity contribution in [2.24, 2.45) is 7.05 Å². The molecule has 0 bridgehead atoms. The molecule has 3 heterocycles. The van der Waals surface area contributed by atoms with Crippen LogP contribution in [0.25, 0.3) is 22.8 Å². The Morgan fingerprint density at radius 1 is 1.16 bits per heavy atom. The van der Waals surface area contributed by atoms with Crippen LogP contribution in [0.3, 0.4) is 0 Å². The maximum absolute atomic E-state index is 12.8. The molecule has 3 aromatic heterocycles. The predicted molar refractivity (Wildman–Crippen MR) is 113 cm³/mol. The molecule has 1 aliphatic rings. The van der Waals surface area contributed by atoms with Crippen LogP contribution in [0, 0.1) is 0 Å². The standard InChI is InChI=1S/C22H22N6O3/c1-26-18(14-17(24-26)15-6-3-2-4-7-15)21(29)23-11-12-27-22(30)28(16-9-10-16)20(25-27)19-8-5-13-31-19/h2-8,13-14,16H,9-12H2,1H3,(H,23,29). The Balaban J connectivity index is 1.29. The number of nitrogens with one attached hydrogen (secondary N) is 1. The number of carbonyl (C=O) groups is 1. The molecule has 158 valence electrons. The highest BCUT2D eigenvalue weighted by Gasteiger charge is 2.31. The van der Waals surface area contributed by atoms with Gasteiger partial charge in [-0.25, -0.2) is 9.48 Å². The average molecular weight is 418 g/mol. The van der Waals surface area contributed by atoms with Crippen molar-refractivity contribution in [1.82, 2.24) is 29.4 Å². The molecule has 9 nitrogen and oxygen atoms in total. The summed E-state index contributed by atoms with van der Waals surface area (Å²) in [7, 11) is 1.73. The summed E-state index contributed by atoms with van der Waals surface area (Å²) in [6, 6.07) is 15.2. The van der Waals surface area contributed by atoms with E-state index >= 15 is 0 Å². The maximum Gasteiger partial charge on any atom is 0.346 e. The van der Waals surface area contributed by atoms with Gasteiger partial charge in [-0.1, -0.05) is 30.3 Å². The van der Waals surface area contributed by atoms with Crippen LogP contribution in [-0.4, -0.2) is 36.6 Å². The van der Waals surface area contributed by atoms with Crippen molar-refractivity contribution in [2.75, 3.05) is 6.54 Å². The molecule has 31 heavy (non-hydrogen) atoms. The van der Waals surface area contributed by atoms with E-state index in [1.54, 1.807) is 40.8 Å². The Hall–Kier alpha value is -3.88. The van der Waals surface area contributed by atoms with E-state index in [9.17, 15) is 9.59 Å². The van der Waals surface area contributed by atoms with E-state index in [4.69, 9.17) is 4.42 Å². The summed E-state index contributed by atoms with van der Waals surface area (Å²) in [5, 5.41) is 11.7.